The minimum absolute atomic E-state index is 0. The summed E-state index contributed by atoms with van der Waals surface area (Å²) in [6.45, 7) is 0. The second-order valence-corrected chi connectivity index (χ2v) is 3.21. The number of aromatic nitrogens is 2. The molecule has 0 bridgehead atoms. The number of benzene rings is 1. The number of pyridine rings is 2. The summed E-state index contributed by atoms with van der Waals surface area (Å²) in [6, 6.07) is 12.1. The fourth-order valence-corrected chi connectivity index (χ4v) is 1.70. The summed E-state index contributed by atoms with van der Waals surface area (Å²) in [6.07, 6.45) is 3.62. The molecule has 0 aliphatic heterocycles. The van der Waals surface area contributed by atoms with E-state index in [4.69, 9.17) is 0 Å². The third-order valence-corrected chi connectivity index (χ3v) is 2.35. The quantitative estimate of drug-likeness (QED) is 0.450. The van der Waals surface area contributed by atoms with Gasteiger partial charge in [0.15, 0.2) is 0 Å². The largest absolute Gasteiger partial charge is 0.256 e. The van der Waals surface area contributed by atoms with E-state index in [2.05, 4.69) is 28.2 Å². The van der Waals surface area contributed by atoms with Gasteiger partial charge < -0.3 is 0 Å². The molecule has 0 spiro atoms. The Hall–Kier alpha value is -1.34. The van der Waals surface area contributed by atoms with Gasteiger partial charge in [0.05, 0.1) is 11.0 Å². The minimum Gasteiger partial charge on any atom is -0.256 e. The molecule has 0 aliphatic rings. The van der Waals surface area contributed by atoms with E-state index in [0.717, 1.165) is 21.8 Å². The molecule has 0 saturated heterocycles. The van der Waals surface area contributed by atoms with Crippen molar-refractivity contribution in [2.24, 2.45) is 0 Å². The summed E-state index contributed by atoms with van der Waals surface area (Å²) >= 11 is 0. The van der Waals surface area contributed by atoms with Gasteiger partial charge in [0.1, 0.15) is 0 Å². The standard InChI is InChI=1S/C12H8N2.Zn/c1-3-9-5-6-11-10(4-2-7-13-11)12(9)14-8-1;/h1-8H;. The van der Waals surface area contributed by atoms with E-state index in [-0.39, 0.29) is 19.5 Å². The van der Waals surface area contributed by atoms with Gasteiger partial charge in [0, 0.05) is 42.6 Å². The van der Waals surface area contributed by atoms with E-state index in [0.29, 0.717) is 0 Å². The average molecular weight is 246 g/mol. The van der Waals surface area contributed by atoms with Crippen LogP contribution in [0.1, 0.15) is 0 Å². The fraction of sp³-hybridized carbons (Fsp3) is 0. The van der Waals surface area contributed by atoms with Gasteiger partial charge in [0.2, 0.25) is 0 Å². The van der Waals surface area contributed by atoms with Crippen molar-refractivity contribution in [3.8, 4) is 0 Å². The predicted octanol–water partition coefficient (Wildman–Crippen LogP) is 2.78. The molecule has 0 unspecified atom stereocenters. The zero-order chi connectivity index (χ0) is 9.38. The maximum absolute atomic E-state index is 4.37. The Kier molecular flexibility index (Phi) is 2.74. The molecule has 2 nitrogen and oxygen atoms in total. The van der Waals surface area contributed by atoms with Crippen LogP contribution < -0.4 is 0 Å². The Morgan fingerprint density at radius 2 is 1.60 bits per heavy atom. The second-order valence-electron chi connectivity index (χ2n) is 3.21. The van der Waals surface area contributed by atoms with Crippen LogP contribution in [0.5, 0.6) is 0 Å². The molecule has 2 heterocycles. The minimum atomic E-state index is 0. The third-order valence-electron chi connectivity index (χ3n) is 2.35. The molecule has 0 fully saturated rings. The molecule has 3 rings (SSSR count). The maximum atomic E-state index is 4.37. The Labute approximate surface area is 100 Å². The molecule has 0 aliphatic carbocycles. The third kappa shape index (κ3) is 1.64. The Morgan fingerprint density at radius 1 is 0.800 bits per heavy atom. The zero-order valence-electron chi connectivity index (χ0n) is 8.22. The summed E-state index contributed by atoms with van der Waals surface area (Å²) in [5, 5.41) is 2.28. The molecule has 15 heavy (non-hydrogen) atoms. The molecular weight excluding hydrogens is 238 g/mol. The Morgan fingerprint density at radius 3 is 2.53 bits per heavy atom. The molecule has 0 N–H and O–H groups in total. The van der Waals surface area contributed by atoms with Crippen LogP contribution >= 0.6 is 0 Å². The van der Waals surface area contributed by atoms with Crippen molar-refractivity contribution in [3.63, 3.8) is 0 Å². The van der Waals surface area contributed by atoms with Crippen molar-refractivity contribution in [1.29, 1.82) is 0 Å². The van der Waals surface area contributed by atoms with Gasteiger partial charge in [-0.2, -0.15) is 0 Å². The van der Waals surface area contributed by atoms with E-state index < -0.39 is 0 Å². The average Bonchev–Trinajstić information content (AvgIpc) is 2.29. The first-order chi connectivity index (χ1) is 6.95. The van der Waals surface area contributed by atoms with Gasteiger partial charge >= 0.3 is 0 Å². The fourth-order valence-electron chi connectivity index (χ4n) is 1.70. The molecule has 0 saturated carbocycles. The molecule has 3 aromatic rings. The molecule has 0 amide bonds. The second kappa shape index (κ2) is 4.03. The van der Waals surface area contributed by atoms with Crippen LogP contribution in [0.3, 0.4) is 0 Å². The van der Waals surface area contributed by atoms with E-state index in [9.17, 15) is 0 Å². The molecule has 0 radical (unpaired) electrons. The number of nitrogens with zero attached hydrogens (tertiary/aromatic N) is 2. The molecule has 3 heteroatoms. The van der Waals surface area contributed by atoms with Gasteiger partial charge in [-0.1, -0.05) is 12.1 Å². The molecular formula is C12H8N2Zn. The summed E-state index contributed by atoms with van der Waals surface area (Å²) in [7, 11) is 0. The number of rotatable bonds is 0. The molecule has 1 aromatic carbocycles. The van der Waals surface area contributed by atoms with E-state index in [1.165, 1.54) is 0 Å². The van der Waals surface area contributed by atoms with Gasteiger partial charge in [-0.05, 0) is 24.3 Å². The van der Waals surface area contributed by atoms with Crippen molar-refractivity contribution in [2.75, 3.05) is 0 Å². The smallest absolute Gasteiger partial charge is 0.0795 e. The Balaban J connectivity index is 0.000000853. The van der Waals surface area contributed by atoms with Crippen molar-refractivity contribution in [2.45, 2.75) is 0 Å². The van der Waals surface area contributed by atoms with Crippen LogP contribution in [0.15, 0.2) is 48.8 Å². The van der Waals surface area contributed by atoms with Crippen molar-refractivity contribution >= 4 is 21.8 Å². The van der Waals surface area contributed by atoms with Crippen molar-refractivity contribution in [3.05, 3.63) is 48.8 Å². The first kappa shape index (κ1) is 10.2. The van der Waals surface area contributed by atoms with Gasteiger partial charge in [-0.15, -0.1) is 0 Å². The van der Waals surface area contributed by atoms with Crippen molar-refractivity contribution < 1.29 is 19.5 Å². The van der Waals surface area contributed by atoms with Crippen LogP contribution in [0.4, 0.5) is 0 Å². The number of hydrogen-bond acceptors (Lipinski definition) is 2. The topological polar surface area (TPSA) is 25.8 Å². The van der Waals surface area contributed by atoms with Crippen LogP contribution in [-0.2, 0) is 19.5 Å². The van der Waals surface area contributed by atoms with Gasteiger partial charge in [-0.25, -0.2) is 0 Å². The summed E-state index contributed by atoms with van der Waals surface area (Å²) in [5.74, 6) is 0. The maximum Gasteiger partial charge on any atom is 0.0795 e. The van der Waals surface area contributed by atoms with Crippen molar-refractivity contribution in [1.82, 2.24) is 9.97 Å². The molecule has 2 aromatic heterocycles. The summed E-state index contributed by atoms with van der Waals surface area (Å²) in [4.78, 5) is 8.66. The molecule has 68 valence electrons. The van der Waals surface area contributed by atoms with E-state index in [1.54, 1.807) is 6.20 Å². The summed E-state index contributed by atoms with van der Waals surface area (Å²) in [5.41, 5.74) is 2.02. The first-order valence-electron chi connectivity index (χ1n) is 4.53. The number of fused-ring (bicyclic) bond motifs is 3. The first-order valence-corrected chi connectivity index (χ1v) is 4.53. The predicted molar refractivity (Wildman–Crippen MR) is 57.0 cm³/mol. The monoisotopic (exact) mass is 244 g/mol. The number of hydrogen-bond donors (Lipinski definition) is 0. The SMILES string of the molecule is [Zn].c1cnc2c(c1)ccc1ncccc12. The van der Waals surface area contributed by atoms with Gasteiger partial charge in [-0.3, -0.25) is 9.97 Å². The van der Waals surface area contributed by atoms with Crippen LogP contribution in [0.2, 0.25) is 0 Å². The normalized spacial score (nSPS) is 10.1. The van der Waals surface area contributed by atoms with E-state index in [1.807, 2.05) is 24.4 Å². The summed E-state index contributed by atoms with van der Waals surface area (Å²) < 4.78 is 0. The van der Waals surface area contributed by atoms with Gasteiger partial charge in [0.25, 0.3) is 0 Å². The molecule has 0 atom stereocenters. The Bertz CT molecular complexity index is 553. The van der Waals surface area contributed by atoms with Crippen LogP contribution in [0, 0.1) is 0 Å². The van der Waals surface area contributed by atoms with E-state index >= 15 is 0 Å². The van der Waals surface area contributed by atoms with Crippen LogP contribution in [0.25, 0.3) is 21.8 Å². The van der Waals surface area contributed by atoms with Crippen LogP contribution in [-0.4, -0.2) is 9.97 Å². The zero-order valence-corrected chi connectivity index (χ0v) is 11.2.